The van der Waals surface area contributed by atoms with Crippen LogP contribution < -0.4 is 10.2 Å². The van der Waals surface area contributed by atoms with Gasteiger partial charge in [-0.25, -0.2) is 0 Å². The molecule has 0 spiro atoms. The van der Waals surface area contributed by atoms with Crippen LogP contribution in [0.4, 0.5) is 5.69 Å². The van der Waals surface area contributed by atoms with Gasteiger partial charge in [0.2, 0.25) is 0 Å². The summed E-state index contributed by atoms with van der Waals surface area (Å²) in [5.41, 5.74) is 4.42. The molecule has 0 aliphatic carbocycles. The minimum atomic E-state index is 0.0686. The number of rotatable bonds is 5. The third-order valence-electron chi connectivity index (χ3n) is 3.46. The second-order valence-corrected chi connectivity index (χ2v) is 6.74. The third-order valence-corrected chi connectivity index (χ3v) is 4.34. The molecule has 3 nitrogen and oxygen atoms in total. The maximum atomic E-state index is 12.2. The van der Waals surface area contributed by atoms with E-state index in [0.717, 1.165) is 23.4 Å². The molecular weight excluding hydrogens is 280 g/mol. The average Bonchev–Trinajstić information content (AvgIpc) is 2.86. The summed E-state index contributed by atoms with van der Waals surface area (Å²) in [4.78, 5) is 14.7. The Hall–Kier alpha value is -1.65. The van der Waals surface area contributed by atoms with Crippen LogP contribution in [0.1, 0.15) is 21.6 Å². The van der Waals surface area contributed by atoms with Crippen LogP contribution in [0.15, 0.2) is 29.6 Å². The Morgan fingerprint density at radius 1 is 1.24 bits per heavy atom. The molecule has 0 bridgehead atoms. The van der Waals surface area contributed by atoms with E-state index in [1.54, 1.807) is 11.3 Å². The van der Waals surface area contributed by atoms with Gasteiger partial charge in [-0.3, -0.25) is 4.79 Å². The molecule has 0 aliphatic rings. The fourth-order valence-electron chi connectivity index (χ4n) is 2.61. The molecule has 1 unspecified atom stereocenters. The van der Waals surface area contributed by atoms with E-state index >= 15 is 0 Å². The van der Waals surface area contributed by atoms with Gasteiger partial charge >= 0.3 is 0 Å². The number of hydrogen-bond donors (Lipinski definition) is 2. The summed E-state index contributed by atoms with van der Waals surface area (Å²) in [6.45, 7) is 7.52. The lowest BCUT2D eigenvalue weighted by molar-refractivity contribution is -0.884. The van der Waals surface area contributed by atoms with E-state index in [1.165, 1.54) is 15.3 Å². The van der Waals surface area contributed by atoms with Crippen LogP contribution in [0.2, 0.25) is 0 Å². The second-order valence-electron chi connectivity index (χ2n) is 5.71. The Balaban J connectivity index is 1.95. The van der Waals surface area contributed by atoms with Gasteiger partial charge in [-0.1, -0.05) is 23.8 Å². The first-order chi connectivity index (χ1) is 9.95. The SMILES string of the molecule is Cc1cc(C)c(NC(=O)C[NH+](C)Cc2cccs2)c(C)c1. The predicted molar refractivity (Wildman–Crippen MR) is 89.1 cm³/mol. The molecule has 0 saturated carbocycles. The molecule has 21 heavy (non-hydrogen) atoms. The Kier molecular flexibility index (Phi) is 5.15. The fourth-order valence-corrected chi connectivity index (χ4v) is 3.43. The normalized spacial score (nSPS) is 12.2. The molecule has 2 rings (SSSR count). The minimum Gasteiger partial charge on any atom is -0.325 e. The molecule has 1 aromatic carbocycles. The summed E-state index contributed by atoms with van der Waals surface area (Å²) in [5, 5.41) is 5.13. The molecule has 1 atom stereocenters. The number of carbonyl (C=O) groups is 1. The van der Waals surface area contributed by atoms with Crippen molar-refractivity contribution < 1.29 is 9.69 Å². The highest BCUT2D eigenvalue weighted by atomic mass is 32.1. The topological polar surface area (TPSA) is 33.5 Å². The van der Waals surface area contributed by atoms with E-state index in [0.29, 0.717) is 6.54 Å². The van der Waals surface area contributed by atoms with Gasteiger partial charge < -0.3 is 10.2 Å². The minimum absolute atomic E-state index is 0.0686. The number of thiophene rings is 1. The van der Waals surface area contributed by atoms with Gasteiger partial charge in [-0.15, -0.1) is 11.3 Å². The van der Waals surface area contributed by atoms with Crippen LogP contribution in [-0.4, -0.2) is 19.5 Å². The summed E-state index contributed by atoms with van der Waals surface area (Å²) in [5.74, 6) is 0.0686. The number of hydrogen-bond acceptors (Lipinski definition) is 2. The summed E-state index contributed by atoms with van der Waals surface area (Å²) < 4.78 is 0. The van der Waals surface area contributed by atoms with Crippen molar-refractivity contribution in [2.45, 2.75) is 27.3 Å². The lowest BCUT2D eigenvalue weighted by atomic mass is 10.1. The first kappa shape index (κ1) is 15.7. The largest absolute Gasteiger partial charge is 0.325 e. The number of carbonyl (C=O) groups excluding carboxylic acids is 1. The summed E-state index contributed by atoms with van der Waals surface area (Å²) >= 11 is 1.74. The highest BCUT2D eigenvalue weighted by molar-refractivity contribution is 7.09. The van der Waals surface area contributed by atoms with E-state index in [4.69, 9.17) is 0 Å². The Morgan fingerprint density at radius 3 is 2.48 bits per heavy atom. The number of benzene rings is 1. The van der Waals surface area contributed by atoms with Gasteiger partial charge in [0.1, 0.15) is 6.54 Å². The van der Waals surface area contributed by atoms with Crippen LogP contribution in [0.3, 0.4) is 0 Å². The number of nitrogens with one attached hydrogen (secondary N) is 2. The van der Waals surface area contributed by atoms with Gasteiger partial charge in [-0.05, 0) is 43.3 Å². The molecule has 2 N–H and O–H groups in total. The van der Waals surface area contributed by atoms with Crippen LogP contribution in [-0.2, 0) is 11.3 Å². The predicted octanol–water partition coefficient (Wildman–Crippen LogP) is 2.33. The van der Waals surface area contributed by atoms with E-state index < -0.39 is 0 Å². The van der Waals surface area contributed by atoms with Gasteiger partial charge in [0.15, 0.2) is 6.54 Å². The van der Waals surface area contributed by atoms with Crippen LogP contribution in [0.25, 0.3) is 0 Å². The smallest absolute Gasteiger partial charge is 0.279 e. The molecule has 1 heterocycles. The summed E-state index contributed by atoms with van der Waals surface area (Å²) in [7, 11) is 2.05. The summed E-state index contributed by atoms with van der Waals surface area (Å²) in [6, 6.07) is 8.36. The second kappa shape index (κ2) is 6.87. The molecule has 112 valence electrons. The maximum absolute atomic E-state index is 12.2. The van der Waals surface area contributed by atoms with Gasteiger partial charge in [-0.2, -0.15) is 0 Å². The van der Waals surface area contributed by atoms with Crippen LogP contribution in [0.5, 0.6) is 0 Å². The Bertz CT molecular complexity index is 597. The zero-order valence-corrected chi connectivity index (χ0v) is 13.9. The Morgan fingerprint density at radius 2 is 1.90 bits per heavy atom. The highest BCUT2D eigenvalue weighted by Gasteiger charge is 2.13. The van der Waals surface area contributed by atoms with Crippen molar-refractivity contribution in [3.63, 3.8) is 0 Å². The molecule has 4 heteroatoms. The molecule has 0 radical (unpaired) electrons. The van der Waals surface area contributed by atoms with Crippen molar-refractivity contribution in [3.8, 4) is 0 Å². The van der Waals surface area contributed by atoms with E-state index in [1.807, 2.05) is 27.0 Å². The molecule has 1 amide bonds. The van der Waals surface area contributed by atoms with Gasteiger partial charge in [0.25, 0.3) is 5.91 Å². The molecular formula is C17H23N2OS+. The quantitative estimate of drug-likeness (QED) is 0.873. The van der Waals surface area contributed by atoms with Crippen molar-refractivity contribution in [1.82, 2.24) is 0 Å². The molecule has 0 saturated heterocycles. The number of aryl methyl sites for hydroxylation is 3. The molecule has 0 fully saturated rings. The molecule has 2 aromatic rings. The number of amides is 1. The number of likely N-dealkylation sites (N-methyl/N-ethyl adjacent to an activating group) is 1. The van der Waals surface area contributed by atoms with Crippen LogP contribution >= 0.6 is 11.3 Å². The molecule has 1 aromatic heterocycles. The zero-order chi connectivity index (χ0) is 15.4. The monoisotopic (exact) mass is 303 g/mol. The number of quaternary nitrogens is 1. The zero-order valence-electron chi connectivity index (χ0n) is 13.1. The maximum Gasteiger partial charge on any atom is 0.279 e. The summed E-state index contributed by atoms with van der Waals surface area (Å²) in [6.07, 6.45) is 0. The van der Waals surface area contributed by atoms with Crippen molar-refractivity contribution in [3.05, 3.63) is 51.2 Å². The first-order valence-corrected chi connectivity index (χ1v) is 8.05. The van der Waals surface area contributed by atoms with Crippen LogP contribution in [0, 0.1) is 20.8 Å². The standard InChI is InChI=1S/C17H22N2OS/c1-12-8-13(2)17(14(3)9-12)18-16(20)11-19(4)10-15-6-5-7-21-15/h5-9H,10-11H2,1-4H3,(H,18,20)/p+1. The average molecular weight is 303 g/mol. The fraction of sp³-hybridized carbons (Fsp3) is 0.353. The van der Waals surface area contributed by atoms with Gasteiger partial charge in [0, 0.05) is 5.69 Å². The van der Waals surface area contributed by atoms with Crippen molar-refractivity contribution in [2.75, 3.05) is 18.9 Å². The Labute approximate surface area is 130 Å². The van der Waals surface area contributed by atoms with Crippen molar-refractivity contribution in [1.29, 1.82) is 0 Å². The molecule has 0 aliphatic heterocycles. The van der Waals surface area contributed by atoms with Gasteiger partial charge in [0.05, 0.1) is 11.9 Å². The van der Waals surface area contributed by atoms with E-state index in [2.05, 4.69) is 35.8 Å². The highest BCUT2D eigenvalue weighted by Crippen LogP contribution is 2.21. The van der Waals surface area contributed by atoms with Crippen molar-refractivity contribution >= 4 is 22.9 Å². The lowest BCUT2D eigenvalue weighted by Crippen LogP contribution is -3.08. The first-order valence-electron chi connectivity index (χ1n) is 7.17. The van der Waals surface area contributed by atoms with E-state index in [9.17, 15) is 4.79 Å². The lowest BCUT2D eigenvalue weighted by Gasteiger charge is -2.15. The number of anilines is 1. The third kappa shape index (κ3) is 4.41. The van der Waals surface area contributed by atoms with E-state index in [-0.39, 0.29) is 5.91 Å². The van der Waals surface area contributed by atoms with Crippen molar-refractivity contribution in [2.24, 2.45) is 0 Å².